The van der Waals surface area contributed by atoms with Crippen molar-refractivity contribution in [3.05, 3.63) is 106 Å². The number of hydrogen-bond donors (Lipinski definition) is 1. The number of primary amides is 1. The fourth-order valence-corrected chi connectivity index (χ4v) is 4.25. The van der Waals surface area contributed by atoms with E-state index in [1.54, 1.807) is 36.4 Å². The number of amides is 1. The Bertz CT molecular complexity index is 1160. The summed E-state index contributed by atoms with van der Waals surface area (Å²) in [4.78, 5) is 40.2. The molecule has 4 rings (SSSR count). The van der Waals surface area contributed by atoms with E-state index in [-0.39, 0.29) is 17.0 Å². The number of benzene rings is 3. The molecule has 1 saturated heterocycles. The van der Waals surface area contributed by atoms with Gasteiger partial charge in [0.05, 0.1) is 4.92 Å². The van der Waals surface area contributed by atoms with Crippen LogP contribution in [-0.2, 0) is 4.79 Å². The lowest BCUT2D eigenvalue weighted by atomic mass is 10.0. The molecule has 3 aromatic carbocycles. The number of carbonyl (C=O) groups excluding carboxylic acids is 2. The molecule has 2 N–H and O–H groups in total. The number of carbonyl (C=O) groups is 2. The average Bonchev–Trinajstić information content (AvgIpc) is 2.85. The SMILES string of the molecule is NC(=O)C(c1ccccc1)N1CCN(c2ccc(C(=O)c3ccccc3)cc2[N+](=O)[O-])CC1. The molecule has 1 aliphatic heterocycles. The van der Waals surface area contributed by atoms with Gasteiger partial charge in [-0.05, 0) is 17.7 Å². The molecule has 0 aliphatic carbocycles. The zero-order valence-corrected chi connectivity index (χ0v) is 18.0. The number of hydrogen-bond acceptors (Lipinski definition) is 6. The van der Waals surface area contributed by atoms with Crippen molar-refractivity contribution in [2.24, 2.45) is 5.73 Å². The minimum absolute atomic E-state index is 0.111. The number of rotatable bonds is 7. The first-order chi connectivity index (χ1) is 16.0. The van der Waals surface area contributed by atoms with Crippen LogP contribution in [0.25, 0.3) is 0 Å². The Morgan fingerprint density at radius 2 is 1.45 bits per heavy atom. The predicted octanol–water partition coefficient (Wildman–Crippen LogP) is 3.17. The molecule has 1 aliphatic rings. The van der Waals surface area contributed by atoms with Gasteiger partial charge in [-0.1, -0.05) is 60.7 Å². The van der Waals surface area contributed by atoms with Crippen molar-refractivity contribution in [2.75, 3.05) is 31.1 Å². The van der Waals surface area contributed by atoms with Crippen LogP contribution >= 0.6 is 0 Å². The molecular weight excluding hydrogens is 420 g/mol. The van der Waals surface area contributed by atoms with Crippen LogP contribution < -0.4 is 10.6 Å². The molecule has 1 atom stereocenters. The molecule has 0 aromatic heterocycles. The van der Waals surface area contributed by atoms with Gasteiger partial charge in [0.2, 0.25) is 5.91 Å². The van der Waals surface area contributed by atoms with Crippen LogP contribution in [0, 0.1) is 10.1 Å². The van der Waals surface area contributed by atoms with Crippen LogP contribution in [0.5, 0.6) is 0 Å². The monoisotopic (exact) mass is 444 g/mol. The molecule has 0 saturated carbocycles. The summed E-state index contributed by atoms with van der Waals surface area (Å²) in [7, 11) is 0. The highest BCUT2D eigenvalue weighted by Gasteiger charge is 2.31. The van der Waals surface area contributed by atoms with Crippen molar-refractivity contribution in [2.45, 2.75) is 6.04 Å². The zero-order valence-electron chi connectivity index (χ0n) is 18.0. The quantitative estimate of drug-likeness (QED) is 0.341. The van der Waals surface area contributed by atoms with E-state index < -0.39 is 16.9 Å². The van der Waals surface area contributed by atoms with E-state index in [1.165, 1.54) is 6.07 Å². The lowest BCUT2D eigenvalue weighted by Crippen LogP contribution is -2.50. The first-order valence-corrected chi connectivity index (χ1v) is 10.7. The molecule has 0 bridgehead atoms. The summed E-state index contributed by atoms with van der Waals surface area (Å²) < 4.78 is 0. The maximum absolute atomic E-state index is 12.7. The standard InChI is InChI=1S/C25H24N4O4/c26-25(31)23(18-7-3-1-4-8-18)28-15-13-27(14-16-28)21-12-11-20(17-22(21)29(32)33)24(30)19-9-5-2-6-10-19/h1-12,17,23H,13-16H2,(H2,26,31). The molecule has 168 valence electrons. The third-order valence-electron chi connectivity index (χ3n) is 5.88. The van der Waals surface area contributed by atoms with Gasteiger partial charge in [0.1, 0.15) is 11.7 Å². The molecule has 8 heteroatoms. The number of nitrogens with two attached hydrogens (primary N) is 1. The second-order valence-corrected chi connectivity index (χ2v) is 7.89. The highest BCUT2D eigenvalue weighted by atomic mass is 16.6. The molecule has 3 aromatic rings. The van der Waals surface area contributed by atoms with Gasteiger partial charge in [-0.15, -0.1) is 0 Å². The van der Waals surface area contributed by atoms with Crippen LogP contribution in [-0.4, -0.2) is 47.7 Å². The van der Waals surface area contributed by atoms with Crippen molar-refractivity contribution in [1.82, 2.24) is 4.90 Å². The number of ketones is 1. The molecule has 1 amide bonds. The molecule has 1 fully saturated rings. The lowest BCUT2D eigenvalue weighted by Gasteiger charge is -2.39. The van der Waals surface area contributed by atoms with Gasteiger partial charge >= 0.3 is 0 Å². The van der Waals surface area contributed by atoms with Gasteiger partial charge in [-0.3, -0.25) is 24.6 Å². The lowest BCUT2D eigenvalue weighted by molar-refractivity contribution is -0.384. The van der Waals surface area contributed by atoms with Crippen molar-refractivity contribution in [3.8, 4) is 0 Å². The Morgan fingerprint density at radius 1 is 0.848 bits per heavy atom. The smallest absolute Gasteiger partial charge is 0.293 e. The van der Waals surface area contributed by atoms with Crippen LogP contribution in [0.4, 0.5) is 11.4 Å². The Kier molecular flexibility index (Phi) is 6.46. The van der Waals surface area contributed by atoms with E-state index in [0.29, 0.717) is 37.4 Å². The highest BCUT2D eigenvalue weighted by Crippen LogP contribution is 2.32. The Morgan fingerprint density at radius 3 is 2.03 bits per heavy atom. The largest absolute Gasteiger partial charge is 0.368 e. The Hall–Kier alpha value is -4.04. The summed E-state index contributed by atoms with van der Waals surface area (Å²) >= 11 is 0. The second-order valence-electron chi connectivity index (χ2n) is 7.89. The number of nitro groups is 1. The summed E-state index contributed by atoms with van der Waals surface area (Å²) in [6.45, 7) is 2.02. The van der Waals surface area contributed by atoms with Crippen molar-refractivity contribution < 1.29 is 14.5 Å². The fraction of sp³-hybridized carbons (Fsp3) is 0.200. The summed E-state index contributed by atoms with van der Waals surface area (Å²) in [6.07, 6.45) is 0. The maximum atomic E-state index is 12.7. The number of piperazine rings is 1. The number of nitrogens with zero attached hydrogens (tertiary/aromatic N) is 3. The number of anilines is 1. The zero-order chi connectivity index (χ0) is 23.4. The van der Waals surface area contributed by atoms with E-state index in [1.807, 2.05) is 46.2 Å². The van der Waals surface area contributed by atoms with Crippen molar-refractivity contribution in [3.63, 3.8) is 0 Å². The van der Waals surface area contributed by atoms with Gasteiger partial charge < -0.3 is 10.6 Å². The topological polar surface area (TPSA) is 110 Å². The van der Waals surface area contributed by atoms with E-state index >= 15 is 0 Å². The molecule has 0 spiro atoms. The molecule has 33 heavy (non-hydrogen) atoms. The second kappa shape index (κ2) is 9.62. The van der Waals surface area contributed by atoms with Crippen molar-refractivity contribution >= 4 is 23.1 Å². The minimum atomic E-state index is -0.547. The molecule has 0 radical (unpaired) electrons. The van der Waals surface area contributed by atoms with Crippen molar-refractivity contribution in [1.29, 1.82) is 0 Å². The van der Waals surface area contributed by atoms with Gasteiger partial charge in [-0.25, -0.2) is 0 Å². The molecule has 1 unspecified atom stereocenters. The Labute approximate surface area is 191 Å². The molecular formula is C25H24N4O4. The predicted molar refractivity (Wildman–Crippen MR) is 125 cm³/mol. The highest BCUT2D eigenvalue weighted by molar-refractivity contribution is 6.09. The summed E-state index contributed by atoms with van der Waals surface area (Å²) in [5.41, 5.74) is 7.61. The first kappa shape index (κ1) is 22.2. The third-order valence-corrected chi connectivity index (χ3v) is 5.88. The summed E-state index contributed by atoms with van der Waals surface area (Å²) in [6, 6.07) is 22.1. The van der Waals surface area contributed by atoms with Crippen LogP contribution in [0.2, 0.25) is 0 Å². The van der Waals surface area contributed by atoms with Crippen LogP contribution in [0.1, 0.15) is 27.5 Å². The van der Waals surface area contributed by atoms with Crippen LogP contribution in [0.3, 0.4) is 0 Å². The van der Waals surface area contributed by atoms with Gasteiger partial charge in [0, 0.05) is 43.4 Å². The first-order valence-electron chi connectivity index (χ1n) is 10.7. The van der Waals surface area contributed by atoms with E-state index in [9.17, 15) is 19.7 Å². The third kappa shape index (κ3) is 4.75. The van der Waals surface area contributed by atoms with E-state index in [4.69, 9.17) is 5.73 Å². The normalized spacial score (nSPS) is 15.1. The summed E-state index contributed by atoms with van der Waals surface area (Å²) in [5.74, 6) is -0.688. The minimum Gasteiger partial charge on any atom is -0.368 e. The number of nitro benzene ring substituents is 1. The molecule has 8 nitrogen and oxygen atoms in total. The molecule has 1 heterocycles. The maximum Gasteiger partial charge on any atom is 0.293 e. The van der Waals surface area contributed by atoms with E-state index in [0.717, 1.165) is 5.56 Å². The van der Waals surface area contributed by atoms with Gasteiger partial charge in [-0.2, -0.15) is 0 Å². The van der Waals surface area contributed by atoms with Gasteiger partial charge in [0.15, 0.2) is 5.78 Å². The van der Waals surface area contributed by atoms with E-state index in [2.05, 4.69) is 0 Å². The van der Waals surface area contributed by atoms with Gasteiger partial charge in [0.25, 0.3) is 5.69 Å². The summed E-state index contributed by atoms with van der Waals surface area (Å²) in [5, 5.41) is 11.8. The van der Waals surface area contributed by atoms with Crippen LogP contribution in [0.15, 0.2) is 78.9 Å². The fourth-order valence-electron chi connectivity index (χ4n) is 4.25. The Balaban J connectivity index is 1.54. The average molecular weight is 444 g/mol.